The first-order valence-corrected chi connectivity index (χ1v) is 10.2. The van der Waals surface area contributed by atoms with Crippen LogP contribution in [0.4, 0.5) is 4.39 Å². The van der Waals surface area contributed by atoms with Crippen molar-refractivity contribution in [2.45, 2.75) is 25.2 Å². The van der Waals surface area contributed by atoms with Crippen LogP contribution in [0, 0.1) is 29.8 Å². The van der Waals surface area contributed by atoms with Crippen molar-refractivity contribution >= 4 is 22.3 Å². The van der Waals surface area contributed by atoms with Crippen LogP contribution in [-0.4, -0.2) is 37.5 Å². The maximum Gasteiger partial charge on any atom is 0.339 e. The van der Waals surface area contributed by atoms with Gasteiger partial charge in [-0.25, -0.2) is 4.39 Å². The molecule has 32 heavy (non-hydrogen) atoms. The molecule has 0 spiro atoms. The fourth-order valence-corrected chi connectivity index (χ4v) is 3.41. The molecule has 2 rings (SSSR count). The number of ether oxygens (including phenoxy) is 1. The lowest BCUT2D eigenvalue weighted by molar-refractivity contribution is -0.742. The van der Waals surface area contributed by atoms with E-state index in [4.69, 9.17) is 35.7 Å². The standard InChI is InChI=1S/C18H21FN4O4S.HNO3/c1-12-8-15(26-7-3-6-22-23-18(20)21)11-16(9-12)27-28(24,25)17-10-14(19)5-4-13(17)2;2-1(3)4/h4-6,8-11H,3,7H2,1-2H3,(H4,20,21,23);(H,2,3,4). The third kappa shape index (κ3) is 9.71. The number of aryl methyl sites for hydroxylation is 2. The molecule has 14 heteroatoms. The highest BCUT2D eigenvalue weighted by Gasteiger charge is 2.20. The van der Waals surface area contributed by atoms with E-state index in [9.17, 15) is 12.8 Å². The van der Waals surface area contributed by atoms with Gasteiger partial charge in [0.2, 0.25) is 5.96 Å². The Balaban J connectivity index is 0.00000118. The van der Waals surface area contributed by atoms with E-state index in [1.165, 1.54) is 24.4 Å². The minimum Gasteiger partial charge on any atom is -0.493 e. The summed E-state index contributed by atoms with van der Waals surface area (Å²) in [7, 11) is -4.20. The number of halogens is 1. The fraction of sp³-hybridized carbons (Fsp3) is 0.222. The summed E-state index contributed by atoms with van der Waals surface area (Å²) in [5, 5.41) is 20.7. The Morgan fingerprint density at radius 3 is 2.47 bits per heavy atom. The van der Waals surface area contributed by atoms with Crippen LogP contribution >= 0.6 is 0 Å². The van der Waals surface area contributed by atoms with Crippen LogP contribution in [0.25, 0.3) is 0 Å². The highest BCUT2D eigenvalue weighted by Crippen LogP contribution is 2.27. The Labute approximate surface area is 183 Å². The van der Waals surface area contributed by atoms with Crippen LogP contribution in [0.1, 0.15) is 17.5 Å². The fourth-order valence-electron chi connectivity index (χ4n) is 2.25. The summed E-state index contributed by atoms with van der Waals surface area (Å²) < 4.78 is 49.2. The van der Waals surface area contributed by atoms with E-state index in [2.05, 4.69) is 10.2 Å². The van der Waals surface area contributed by atoms with Gasteiger partial charge in [-0.15, -0.1) is 15.2 Å². The summed E-state index contributed by atoms with van der Waals surface area (Å²) in [5.74, 6) is -0.333. The summed E-state index contributed by atoms with van der Waals surface area (Å²) in [6.07, 6.45) is 1.91. The molecular formula is C18H22FN5O7S. The molecule has 2 aromatic rings. The minimum atomic E-state index is -4.20. The zero-order chi connectivity index (χ0) is 24.3. The number of benzene rings is 2. The number of hydrogen-bond acceptors (Lipinski definition) is 8. The second-order valence-electron chi connectivity index (χ2n) is 6.13. The molecular weight excluding hydrogens is 449 g/mol. The average molecular weight is 471 g/mol. The van der Waals surface area contributed by atoms with Gasteiger partial charge in [0, 0.05) is 18.7 Å². The Hall–Kier alpha value is -3.94. The Morgan fingerprint density at radius 1 is 1.22 bits per heavy atom. The molecule has 0 aliphatic carbocycles. The van der Waals surface area contributed by atoms with Gasteiger partial charge in [0.25, 0.3) is 5.09 Å². The number of guanidine groups is 1. The smallest absolute Gasteiger partial charge is 0.339 e. The minimum absolute atomic E-state index is 0.0628. The van der Waals surface area contributed by atoms with E-state index in [0.29, 0.717) is 17.7 Å². The lowest BCUT2D eigenvalue weighted by Gasteiger charge is -2.12. The van der Waals surface area contributed by atoms with Crippen molar-refractivity contribution in [2.75, 3.05) is 6.61 Å². The van der Waals surface area contributed by atoms with Gasteiger partial charge in [-0.3, -0.25) is 0 Å². The summed E-state index contributed by atoms with van der Waals surface area (Å²) in [5.41, 5.74) is 11.4. The summed E-state index contributed by atoms with van der Waals surface area (Å²) in [6, 6.07) is 8.18. The topological polar surface area (TPSA) is 193 Å². The molecule has 0 aromatic heterocycles. The van der Waals surface area contributed by atoms with Crippen LogP contribution in [0.3, 0.4) is 0 Å². The van der Waals surface area contributed by atoms with Crippen molar-refractivity contribution < 1.29 is 32.0 Å². The van der Waals surface area contributed by atoms with E-state index in [-0.39, 0.29) is 23.2 Å². The van der Waals surface area contributed by atoms with E-state index in [0.717, 1.165) is 11.6 Å². The molecule has 0 saturated carbocycles. The lowest BCUT2D eigenvalue weighted by atomic mass is 10.2. The van der Waals surface area contributed by atoms with E-state index < -0.39 is 21.0 Å². The van der Waals surface area contributed by atoms with Crippen LogP contribution in [0.5, 0.6) is 11.5 Å². The molecule has 0 amide bonds. The van der Waals surface area contributed by atoms with Gasteiger partial charge in [0.05, 0.1) is 6.61 Å². The molecule has 0 saturated heterocycles. The molecule has 0 unspecified atom stereocenters. The van der Waals surface area contributed by atoms with Gasteiger partial charge >= 0.3 is 10.1 Å². The van der Waals surface area contributed by atoms with Crippen molar-refractivity contribution in [3.8, 4) is 11.5 Å². The van der Waals surface area contributed by atoms with Gasteiger partial charge in [0.15, 0.2) is 0 Å². The zero-order valence-electron chi connectivity index (χ0n) is 17.1. The Morgan fingerprint density at radius 2 is 1.84 bits per heavy atom. The average Bonchev–Trinajstić information content (AvgIpc) is 2.65. The predicted molar refractivity (Wildman–Crippen MR) is 113 cm³/mol. The largest absolute Gasteiger partial charge is 0.493 e. The third-order valence-electron chi connectivity index (χ3n) is 3.42. The molecule has 0 heterocycles. The van der Waals surface area contributed by atoms with Gasteiger partial charge in [0.1, 0.15) is 22.2 Å². The maximum absolute atomic E-state index is 13.4. The first-order chi connectivity index (χ1) is 14.9. The SMILES string of the molecule is Cc1cc(OCCC=NN=C(N)N)cc(OS(=O)(=O)c2cc(F)ccc2C)c1.O=[N+]([O-])O. The number of nitrogens with zero attached hydrogens (tertiary/aromatic N) is 3. The van der Waals surface area contributed by atoms with Crippen LogP contribution in [0.15, 0.2) is 51.5 Å². The summed E-state index contributed by atoms with van der Waals surface area (Å²) in [6.45, 7) is 3.59. The van der Waals surface area contributed by atoms with Crippen LogP contribution in [0.2, 0.25) is 0 Å². The first kappa shape index (κ1) is 26.1. The second-order valence-corrected chi connectivity index (χ2v) is 7.64. The van der Waals surface area contributed by atoms with Gasteiger partial charge in [-0.05, 0) is 49.2 Å². The van der Waals surface area contributed by atoms with Gasteiger partial charge < -0.3 is 25.6 Å². The molecule has 5 N–H and O–H groups in total. The quantitative estimate of drug-likeness (QED) is 0.129. The monoisotopic (exact) mass is 471 g/mol. The molecule has 0 atom stereocenters. The molecule has 0 bridgehead atoms. The number of rotatable bonds is 8. The Kier molecular flexibility index (Phi) is 9.82. The van der Waals surface area contributed by atoms with Gasteiger partial charge in [-0.2, -0.15) is 13.5 Å². The normalized spacial score (nSPS) is 10.7. The molecule has 0 aliphatic rings. The molecule has 0 aliphatic heterocycles. The maximum atomic E-state index is 13.4. The number of hydrogen-bond donors (Lipinski definition) is 3. The predicted octanol–water partition coefficient (Wildman–Crippen LogP) is 1.89. The molecule has 0 fully saturated rings. The summed E-state index contributed by atoms with van der Waals surface area (Å²) >= 11 is 0. The molecule has 0 radical (unpaired) electrons. The lowest BCUT2D eigenvalue weighted by Crippen LogP contribution is -2.21. The van der Waals surface area contributed by atoms with Crippen molar-refractivity contribution in [1.82, 2.24) is 0 Å². The van der Waals surface area contributed by atoms with Crippen molar-refractivity contribution in [1.29, 1.82) is 0 Å². The van der Waals surface area contributed by atoms with E-state index in [1.54, 1.807) is 26.0 Å². The van der Waals surface area contributed by atoms with E-state index in [1.807, 2.05) is 0 Å². The summed E-state index contributed by atoms with van der Waals surface area (Å²) in [4.78, 5) is 8.13. The van der Waals surface area contributed by atoms with Crippen molar-refractivity contribution in [3.05, 3.63) is 63.5 Å². The molecule has 2 aromatic carbocycles. The third-order valence-corrected chi connectivity index (χ3v) is 4.81. The Bertz CT molecular complexity index is 1100. The highest BCUT2D eigenvalue weighted by molar-refractivity contribution is 7.87. The molecule has 12 nitrogen and oxygen atoms in total. The highest BCUT2D eigenvalue weighted by atomic mass is 32.2. The second kappa shape index (κ2) is 12.0. The zero-order valence-corrected chi connectivity index (χ0v) is 18.0. The van der Waals surface area contributed by atoms with Crippen LogP contribution in [-0.2, 0) is 10.1 Å². The van der Waals surface area contributed by atoms with Crippen molar-refractivity contribution in [3.63, 3.8) is 0 Å². The van der Waals surface area contributed by atoms with Crippen LogP contribution < -0.4 is 20.4 Å². The molecule has 174 valence electrons. The number of nitrogens with two attached hydrogens (primary N) is 2. The first-order valence-electron chi connectivity index (χ1n) is 8.79. The van der Waals surface area contributed by atoms with E-state index >= 15 is 0 Å². The van der Waals surface area contributed by atoms with Gasteiger partial charge in [-0.1, -0.05) is 6.07 Å². The van der Waals surface area contributed by atoms with Crippen molar-refractivity contribution in [2.24, 2.45) is 21.7 Å².